The van der Waals surface area contributed by atoms with Crippen LogP contribution < -0.4 is 5.73 Å². The van der Waals surface area contributed by atoms with Crippen LogP contribution in [-0.4, -0.2) is 9.97 Å². The smallest absolute Gasteiger partial charge is 0.180 e. The van der Waals surface area contributed by atoms with Crippen LogP contribution in [0.4, 0.5) is 5.13 Å². The normalized spacial score (nSPS) is 11.1. The van der Waals surface area contributed by atoms with Crippen LogP contribution in [0.1, 0.15) is 0 Å². The predicted octanol–water partition coefficient (Wildman–Crippen LogP) is 3.53. The van der Waals surface area contributed by atoms with Crippen LogP contribution >= 0.6 is 22.9 Å². The molecule has 16 heavy (non-hydrogen) atoms. The number of benzene rings is 1. The van der Waals surface area contributed by atoms with Crippen molar-refractivity contribution in [1.82, 2.24) is 9.97 Å². The maximum Gasteiger partial charge on any atom is 0.180 e. The number of rotatable bonds is 1. The Hall–Kier alpha value is -1.52. The molecule has 0 atom stereocenters. The highest BCUT2D eigenvalue weighted by atomic mass is 35.5. The van der Waals surface area contributed by atoms with Crippen molar-refractivity contribution in [3.63, 3.8) is 0 Å². The van der Waals surface area contributed by atoms with E-state index in [0.717, 1.165) is 27.2 Å². The summed E-state index contributed by atoms with van der Waals surface area (Å²) in [5, 5.41) is 4.31. The summed E-state index contributed by atoms with van der Waals surface area (Å²) >= 11 is 7.42. The average molecular weight is 250 g/mol. The minimum atomic E-state index is 0.575. The SMILES string of the molecule is Nc1nc(-c2c[nH]c3ccc(Cl)cc23)cs1. The second-order valence-corrected chi connectivity index (χ2v) is 4.79. The van der Waals surface area contributed by atoms with E-state index in [1.165, 1.54) is 11.3 Å². The number of aromatic amines is 1. The third kappa shape index (κ3) is 1.47. The number of nitrogens with one attached hydrogen (secondary N) is 1. The second kappa shape index (κ2) is 3.50. The molecule has 0 spiro atoms. The van der Waals surface area contributed by atoms with Gasteiger partial charge in [0, 0.05) is 33.1 Å². The minimum Gasteiger partial charge on any atom is -0.375 e. The molecule has 0 aliphatic heterocycles. The molecule has 2 heterocycles. The van der Waals surface area contributed by atoms with Gasteiger partial charge in [0.15, 0.2) is 5.13 Å². The van der Waals surface area contributed by atoms with Crippen molar-refractivity contribution < 1.29 is 0 Å². The Kier molecular flexibility index (Phi) is 2.12. The first kappa shape index (κ1) is 9.69. The molecule has 2 aromatic heterocycles. The molecule has 3 N–H and O–H groups in total. The highest BCUT2D eigenvalue weighted by Crippen LogP contribution is 2.31. The van der Waals surface area contributed by atoms with E-state index < -0.39 is 0 Å². The van der Waals surface area contributed by atoms with Crippen LogP contribution in [-0.2, 0) is 0 Å². The highest BCUT2D eigenvalue weighted by molar-refractivity contribution is 7.13. The maximum atomic E-state index is 5.98. The quantitative estimate of drug-likeness (QED) is 0.693. The number of aromatic nitrogens is 2. The van der Waals surface area contributed by atoms with Gasteiger partial charge in [0.25, 0.3) is 0 Å². The Morgan fingerprint density at radius 2 is 2.25 bits per heavy atom. The summed E-state index contributed by atoms with van der Waals surface area (Å²) in [7, 11) is 0. The van der Waals surface area contributed by atoms with Gasteiger partial charge < -0.3 is 10.7 Å². The van der Waals surface area contributed by atoms with Crippen LogP contribution in [0.3, 0.4) is 0 Å². The van der Waals surface area contributed by atoms with Crippen LogP contribution in [0.5, 0.6) is 0 Å². The van der Waals surface area contributed by atoms with Crippen LogP contribution in [0.25, 0.3) is 22.2 Å². The van der Waals surface area contributed by atoms with E-state index in [1.807, 2.05) is 29.8 Å². The fourth-order valence-corrected chi connectivity index (χ4v) is 2.45. The largest absolute Gasteiger partial charge is 0.375 e. The van der Waals surface area contributed by atoms with Gasteiger partial charge in [-0.1, -0.05) is 11.6 Å². The van der Waals surface area contributed by atoms with Gasteiger partial charge in [-0.2, -0.15) is 0 Å². The lowest BCUT2D eigenvalue weighted by molar-refractivity contribution is 1.41. The van der Waals surface area contributed by atoms with Gasteiger partial charge in [0.05, 0.1) is 5.69 Å². The summed E-state index contributed by atoms with van der Waals surface area (Å²) in [6, 6.07) is 5.74. The van der Waals surface area contributed by atoms with Gasteiger partial charge in [-0.25, -0.2) is 4.98 Å². The third-order valence-electron chi connectivity index (χ3n) is 2.44. The van der Waals surface area contributed by atoms with Gasteiger partial charge in [0.1, 0.15) is 0 Å². The van der Waals surface area contributed by atoms with E-state index >= 15 is 0 Å². The molecule has 3 rings (SSSR count). The molecule has 1 aromatic carbocycles. The fraction of sp³-hybridized carbons (Fsp3) is 0. The van der Waals surface area contributed by atoms with Gasteiger partial charge in [-0.05, 0) is 18.2 Å². The number of hydrogen-bond donors (Lipinski definition) is 2. The lowest BCUT2D eigenvalue weighted by atomic mass is 10.1. The molecule has 80 valence electrons. The molecule has 0 aliphatic rings. The number of H-pyrrole nitrogens is 1. The molecule has 0 saturated heterocycles. The maximum absolute atomic E-state index is 5.98. The molecule has 3 aromatic rings. The van der Waals surface area contributed by atoms with Crippen LogP contribution in [0.15, 0.2) is 29.8 Å². The number of thiazole rings is 1. The molecule has 5 heteroatoms. The zero-order chi connectivity index (χ0) is 11.1. The van der Waals surface area contributed by atoms with Gasteiger partial charge in [-0.15, -0.1) is 11.3 Å². The van der Waals surface area contributed by atoms with Gasteiger partial charge in [-0.3, -0.25) is 0 Å². The highest BCUT2D eigenvalue weighted by Gasteiger charge is 2.09. The van der Waals surface area contributed by atoms with Crippen LogP contribution in [0.2, 0.25) is 5.02 Å². The number of nitrogen functional groups attached to an aromatic ring is 1. The van der Waals surface area contributed by atoms with Gasteiger partial charge in [0.2, 0.25) is 0 Å². The summed E-state index contributed by atoms with van der Waals surface area (Å²) in [4.78, 5) is 7.45. The number of nitrogens with two attached hydrogens (primary N) is 1. The average Bonchev–Trinajstić information content (AvgIpc) is 2.83. The molecule has 0 unspecified atom stereocenters. The number of fused-ring (bicyclic) bond motifs is 1. The van der Waals surface area contributed by atoms with Crippen LogP contribution in [0, 0.1) is 0 Å². The molecule has 0 saturated carbocycles. The summed E-state index contributed by atoms with van der Waals surface area (Å²) in [6.07, 6.45) is 1.93. The molecule has 0 bridgehead atoms. The van der Waals surface area contributed by atoms with Crippen molar-refractivity contribution in [2.24, 2.45) is 0 Å². The van der Waals surface area contributed by atoms with Crippen molar-refractivity contribution in [2.75, 3.05) is 5.73 Å². The Morgan fingerprint density at radius 1 is 1.38 bits per heavy atom. The standard InChI is InChI=1S/C11H8ClN3S/c12-6-1-2-9-7(3-6)8(4-14-9)10-5-16-11(13)15-10/h1-5,14H,(H2,13,15). The van der Waals surface area contributed by atoms with Crippen molar-refractivity contribution in [3.05, 3.63) is 34.8 Å². The molecule has 0 fully saturated rings. The lowest BCUT2D eigenvalue weighted by Crippen LogP contribution is -1.81. The summed E-state index contributed by atoms with van der Waals surface area (Å²) in [6.45, 7) is 0. The van der Waals surface area contributed by atoms with E-state index in [1.54, 1.807) is 0 Å². The monoisotopic (exact) mass is 249 g/mol. The van der Waals surface area contributed by atoms with Gasteiger partial charge >= 0.3 is 0 Å². The Balaban J connectivity index is 2.27. The number of hydrogen-bond acceptors (Lipinski definition) is 3. The molecule has 3 nitrogen and oxygen atoms in total. The van der Waals surface area contributed by atoms with Crippen molar-refractivity contribution >= 4 is 39.0 Å². The zero-order valence-corrected chi connectivity index (χ0v) is 9.77. The first-order chi connectivity index (χ1) is 7.74. The topological polar surface area (TPSA) is 54.7 Å². The van der Waals surface area contributed by atoms with E-state index in [9.17, 15) is 0 Å². The number of halogens is 1. The zero-order valence-electron chi connectivity index (χ0n) is 8.20. The molecular formula is C11H8ClN3S. The molecule has 0 radical (unpaired) electrons. The van der Waals surface area contributed by atoms with E-state index in [4.69, 9.17) is 17.3 Å². The summed E-state index contributed by atoms with van der Waals surface area (Å²) < 4.78 is 0. The van der Waals surface area contributed by atoms with Crippen molar-refractivity contribution in [2.45, 2.75) is 0 Å². The first-order valence-electron chi connectivity index (χ1n) is 4.72. The number of anilines is 1. The third-order valence-corrected chi connectivity index (χ3v) is 3.35. The number of nitrogens with zero attached hydrogens (tertiary/aromatic N) is 1. The lowest BCUT2D eigenvalue weighted by Gasteiger charge is -1.95. The molecule has 0 amide bonds. The Bertz CT molecular complexity index is 656. The second-order valence-electron chi connectivity index (χ2n) is 3.46. The summed E-state index contributed by atoms with van der Waals surface area (Å²) in [5.74, 6) is 0. The molecule has 0 aliphatic carbocycles. The predicted molar refractivity (Wildman–Crippen MR) is 68.8 cm³/mol. The summed E-state index contributed by atoms with van der Waals surface area (Å²) in [5.41, 5.74) is 8.60. The van der Waals surface area contributed by atoms with Crippen molar-refractivity contribution in [3.8, 4) is 11.3 Å². The molecular weight excluding hydrogens is 242 g/mol. The first-order valence-corrected chi connectivity index (χ1v) is 5.98. The van der Waals surface area contributed by atoms with Crippen molar-refractivity contribution in [1.29, 1.82) is 0 Å². The van der Waals surface area contributed by atoms with E-state index in [0.29, 0.717) is 5.13 Å². The van der Waals surface area contributed by atoms with E-state index in [2.05, 4.69) is 9.97 Å². The Labute approximate surface area is 101 Å². The fourth-order valence-electron chi connectivity index (χ4n) is 1.72. The Morgan fingerprint density at radius 3 is 3.00 bits per heavy atom. The van der Waals surface area contributed by atoms with E-state index in [-0.39, 0.29) is 0 Å². The minimum absolute atomic E-state index is 0.575.